The van der Waals surface area contributed by atoms with Crippen LogP contribution in [0.4, 0.5) is 15.8 Å². The molecule has 0 aliphatic heterocycles. The van der Waals surface area contributed by atoms with E-state index in [9.17, 15) is 14.0 Å². The lowest BCUT2D eigenvalue weighted by molar-refractivity contribution is -0.115. The number of rotatable bonds is 4. The summed E-state index contributed by atoms with van der Waals surface area (Å²) in [6, 6.07) is 13.5. The molecule has 0 fully saturated rings. The van der Waals surface area contributed by atoms with Gasteiger partial charge in [0.1, 0.15) is 12.2 Å². The van der Waals surface area contributed by atoms with E-state index in [4.69, 9.17) is 5.26 Å². The summed E-state index contributed by atoms with van der Waals surface area (Å²) in [6.45, 7) is 0. The number of carbonyl (C=O) groups is 2. The van der Waals surface area contributed by atoms with E-state index in [1.54, 1.807) is 30.3 Å². The molecule has 2 amide bonds. The maximum absolute atomic E-state index is 12.8. The van der Waals surface area contributed by atoms with Gasteiger partial charge in [-0.3, -0.25) is 9.59 Å². The highest BCUT2D eigenvalue weighted by Crippen LogP contribution is 2.18. The van der Waals surface area contributed by atoms with Gasteiger partial charge in [-0.15, -0.1) is 0 Å². The Labute approximate surface area is 126 Å². The largest absolute Gasteiger partial charge is 0.324 e. The zero-order chi connectivity index (χ0) is 15.9. The number of amides is 2. The predicted octanol–water partition coefficient (Wildman–Crippen LogP) is 2.93. The van der Waals surface area contributed by atoms with E-state index in [-0.39, 0.29) is 12.0 Å². The van der Waals surface area contributed by atoms with Gasteiger partial charge in [0.05, 0.1) is 17.3 Å². The molecule has 22 heavy (non-hydrogen) atoms. The zero-order valence-electron chi connectivity index (χ0n) is 11.5. The van der Waals surface area contributed by atoms with E-state index >= 15 is 0 Å². The van der Waals surface area contributed by atoms with Crippen LogP contribution in [0.25, 0.3) is 0 Å². The minimum atomic E-state index is -0.496. The lowest BCUT2D eigenvalue weighted by Crippen LogP contribution is -2.17. The second-order valence-corrected chi connectivity index (χ2v) is 4.39. The fraction of sp³-hybridized carbons (Fsp3) is 0.0625. The molecule has 5 nitrogen and oxygen atoms in total. The number of anilines is 2. The molecule has 110 valence electrons. The number of nitriles is 1. The van der Waals surface area contributed by atoms with Crippen LogP contribution in [0.1, 0.15) is 16.8 Å². The fourth-order valence-corrected chi connectivity index (χ4v) is 1.79. The summed E-state index contributed by atoms with van der Waals surface area (Å²) >= 11 is 0. The van der Waals surface area contributed by atoms with Crippen LogP contribution in [-0.2, 0) is 4.79 Å². The van der Waals surface area contributed by atoms with Crippen molar-refractivity contribution < 1.29 is 14.0 Å². The highest BCUT2D eigenvalue weighted by atomic mass is 19.1. The van der Waals surface area contributed by atoms with Gasteiger partial charge in [0, 0.05) is 5.69 Å². The van der Waals surface area contributed by atoms with Gasteiger partial charge in [-0.1, -0.05) is 12.1 Å². The maximum Gasteiger partial charge on any atom is 0.257 e. The van der Waals surface area contributed by atoms with Crippen molar-refractivity contribution in [1.82, 2.24) is 0 Å². The van der Waals surface area contributed by atoms with E-state index in [0.717, 1.165) is 0 Å². The minimum absolute atomic E-state index is 0.248. The normalized spacial score (nSPS) is 9.64. The van der Waals surface area contributed by atoms with Gasteiger partial charge >= 0.3 is 0 Å². The summed E-state index contributed by atoms with van der Waals surface area (Å²) < 4.78 is 12.8. The minimum Gasteiger partial charge on any atom is -0.324 e. The number of benzene rings is 2. The molecule has 2 rings (SSSR count). The standard InChI is InChI=1S/C16H12FN3O2/c17-11-5-7-12(8-6-11)19-16(22)13-3-1-2-4-14(13)20-15(21)9-10-18/h1-8H,9H2,(H,19,22)(H,20,21). The van der Waals surface area contributed by atoms with Crippen molar-refractivity contribution in [3.8, 4) is 6.07 Å². The fourth-order valence-electron chi connectivity index (χ4n) is 1.79. The summed E-state index contributed by atoms with van der Waals surface area (Å²) in [5, 5.41) is 13.6. The number of halogens is 1. The predicted molar refractivity (Wildman–Crippen MR) is 79.7 cm³/mol. The number of carbonyl (C=O) groups excluding carboxylic acids is 2. The van der Waals surface area contributed by atoms with E-state index in [0.29, 0.717) is 11.4 Å². The molecule has 0 saturated carbocycles. The SMILES string of the molecule is N#CCC(=O)Nc1ccccc1C(=O)Nc1ccc(F)cc1. The van der Waals surface area contributed by atoms with Gasteiger partial charge in [-0.2, -0.15) is 5.26 Å². The molecular formula is C16H12FN3O2. The molecule has 0 saturated heterocycles. The highest BCUT2D eigenvalue weighted by molar-refractivity contribution is 6.10. The molecule has 0 aliphatic rings. The van der Waals surface area contributed by atoms with Crippen molar-refractivity contribution in [3.63, 3.8) is 0 Å². The van der Waals surface area contributed by atoms with Gasteiger partial charge < -0.3 is 10.6 Å². The monoisotopic (exact) mass is 297 g/mol. The van der Waals surface area contributed by atoms with Crippen LogP contribution in [-0.4, -0.2) is 11.8 Å². The van der Waals surface area contributed by atoms with Crippen molar-refractivity contribution in [1.29, 1.82) is 5.26 Å². The van der Waals surface area contributed by atoms with Crippen molar-refractivity contribution in [3.05, 3.63) is 59.9 Å². The van der Waals surface area contributed by atoms with E-state index < -0.39 is 17.6 Å². The van der Waals surface area contributed by atoms with Crippen molar-refractivity contribution in [2.24, 2.45) is 0 Å². The molecule has 0 aromatic heterocycles. The van der Waals surface area contributed by atoms with Gasteiger partial charge in [0.15, 0.2) is 0 Å². The summed E-state index contributed by atoms with van der Waals surface area (Å²) in [4.78, 5) is 23.7. The van der Waals surface area contributed by atoms with Crippen LogP contribution < -0.4 is 10.6 Å². The Morgan fingerprint density at radius 3 is 2.41 bits per heavy atom. The second kappa shape index (κ2) is 6.99. The molecule has 0 atom stereocenters. The molecule has 0 spiro atoms. The molecule has 0 unspecified atom stereocenters. The topological polar surface area (TPSA) is 82.0 Å². The summed E-state index contributed by atoms with van der Waals surface area (Å²) in [6.07, 6.45) is -0.298. The summed E-state index contributed by atoms with van der Waals surface area (Å²) in [7, 11) is 0. The number of hydrogen-bond acceptors (Lipinski definition) is 3. The molecule has 2 aromatic carbocycles. The van der Waals surface area contributed by atoms with Crippen molar-refractivity contribution in [2.75, 3.05) is 10.6 Å². The first-order valence-electron chi connectivity index (χ1n) is 6.43. The van der Waals surface area contributed by atoms with Crippen LogP contribution in [0.5, 0.6) is 0 Å². The Kier molecular flexibility index (Phi) is 4.83. The van der Waals surface area contributed by atoms with Crippen LogP contribution in [0.3, 0.4) is 0 Å². The quantitative estimate of drug-likeness (QED) is 0.910. The first-order chi connectivity index (χ1) is 10.6. The third-order valence-electron chi connectivity index (χ3n) is 2.79. The molecule has 6 heteroatoms. The molecule has 0 radical (unpaired) electrons. The van der Waals surface area contributed by atoms with Gasteiger partial charge in [0.2, 0.25) is 5.91 Å². The number of nitrogens with zero attached hydrogens (tertiary/aromatic N) is 1. The maximum atomic E-state index is 12.8. The molecule has 0 bridgehead atoms. The zero-order valence-corrected chi connectivity index (χ0v) is 11.5. The number of hydrogen-bond donors (Lipinski definition) is 2. The Hall–Kier alpha value is -3.20. The lowest BCUT2D eigenvalue weighted by Gasteiger charge is -2.10. The van der Waals surface area contributed by atoms with Crippen LogP contribution in [0.15, 0.2) is 48.5 Å². The third-order valence-corrected chi connectivity index (χ3v) is 2.79. The molecule has 2 N–H and O–H groups in total. The smallest absolute Gasteiger partial charge is 0.257 e. The molecule has 0 heterocycles. The molecule has 0 aliphatic carbocycles. The van der Waals surface area contributed by atoms with Gasteiger partial charge in [-0.05, 0) is 36.4 Å². The van der Waals surface area contributed by atoms with Gasteiger partial charge in [0.25, 0.3) is 5.91 Å². The summed E-state index contributed by atoms with van der Waals surface area (Å²) in [5.41, 5.74) is 0.991. The van der Waals surface area contributed by atoms with E-state index in [1.807, 2.05) is 0 Å². The first-order valence-corrected chi connectivity index (χ1v) is 6.43. The Morgan fingerprint density at radius 2 is 1.73 bits per heavy atom. The average molecular weight is 297 g/mol. The molecule has 2 aromatic rings. The van der Waals surface area contributed by atoms with Crippen molar-refractivity contribution in [2.45, 2.75) is 6.42 Å². The Balaban J connectivity index is 2.17. The third kappa shape index (κ3) is 3.90. The molecular weight excluding hydrogens is 285 g/mol. The second-order valence-electron chi connectivity index (χ2n) is 4.39. The lowest BCUT2D eigenvalue weighted by atomic mass is 10.1. The Bertz CT molecular complexity index is 736. The highest BCUT2D eigenvalue weighted by Gasteiger charge is 2.13. The van der Waals surface area contributed by atoms with Gasteiger partial charge in [-0.25, -0.2) is 4.39 Å². The average Bonchev–Trinajstić information content (AvgIpc) is 2.50. The number of nitrogens with one attached hydrogen (secondary N) is 2. The Morgan fingerprint density at radius 1 is 1.05 bits per heavy atom. The van der Waals surface area contributed by atoms with E-state index in [1.165, 1.54) is 24.3 Å². The first kappa shape index (κ1) is 15.2. The summed E-state index contributed by atoms with van der Waals surface area (Å²) in [5.74, 6) is -1.34. The van der Waals surface area contributed by atoms with Crippen LogP contribution in [0.2, 0.25) is 0 Å². The van der Waals surface area contributed by atoms with Crippen molar-refractivity contribution >= 4 is 23.2 Å². The number of para-hydroxylation sites is 1. The van der Waals surface area contributed by atoms with E-state index in [2.05, 4.69) is 10.6 Å². The van der Waals surface area contributed by atoms with Crippen LogP contribution >= 0.6 is 0 Å². The van der Waals surface area contributed by atoms with Crippen LogP contribution in [0, 0.1) is 17.1 Å².